The van der Waals surface area contributed by atoms with Gasteiger partial charge in [-0.05, 0) is 24.3 Å². The van der Waals surface area contributed by atoms with Gasteiger partial charge in [-0.1, -0.05) is 25.2 Å². The van der Waals surface area contributed by atoms with Crippen molar-refractivity contribution in [2.24, 2.45) is 0 Å². The SMILES string of the molecule is COc1ccc(-c2ccc(/C=C(/C#N)C(=O)Nc3nnc(C(C)C)s3)o2)c([N+](=O)[O-])c1. The number of amides is 1. The fourth-order valence-electron chi connectivity index (χ4n) is 2.55. The van der Waals surface area contributed by atoms with E-state index in [1.165, 1.54) is 48.8 Å². The Balaban J connectivity index is 1.84. The highest BCUT2D eigenvalue weighted by molar-refractivity contribution is 7.15. The van der Waals surface area contributed by atoms with Gasteiger partial charge in [-0.3, -0.25) is 20.2 Å². The van der Waals surface area contributed by atoms with Crippen molar-refractivity contribution in [2.45, 2.75) is 19.8 Å². The Hall–Kier alpha value is -4.04. The van der Waals surface area contributed by atoms with Gasteiger partial charge in [-0.2, -0.15) is 5.26 Å². The van der Waals surface area contributed by atoms with Crippen molar-refractivity contribution in [2.75, 3.05) is 12.4 Å². The van der Waals surface area contributed by atoms with Gasteiger partial charge < -0.3 is 9.15 Å². The molecule has 31 heavy (non-hydrogen) atoms. The number of methoxy groups -OCH3 is 1. The largest absolute Gasteiger partial charge is 0.497 e. The second kappa shape index (κ2) is 9.19. The monoisotopic (exact) mass is 439 g/mol. The van der Waals surface area contributed by atoms with Gasteiger partial charge in [0.25, 0.3) is 11.6 Å². The summed E-state index contributed by atoms with van der Waals surface area (Å²) in [5.74, 6) is 0.235. The standard InChI is InChI=1S/C20H17N5O5S/c1-11(2)19-23-24-20(31-19)22-18(26)12(10-21)8-14-5-7-17(30-14)15-6-4-13(29-3)9-16(15)25(27)28/h4-9,11H,1-3H3,(H,22,24,26)/b12-8-. The summed E-state index contributed by atoms with van der Waals surface area (Å²) in [6.45, 7) is 3.91. The van der Waals surface area contributed by atoms with Gasteiger partial charge in [0.1, 0.15) is 33.9 Å². The maximum Gasteiger partial charge on any atom is 0.284 e. The van der Waals surface area contributed by atoms with Crippen LogP contribution in [0.15, 0.2) is 40.3 Å². The average molecular weight is 439 g/mol. The summed E-state index contributed by atoms with van der Waals surface area (Å²) in [6, 6.07) is 9.21. The topological polar surface area (TPSA) is 144 Å². The molecule has 1 amide bonds. The fourth-order valence-corrected chi connectivity index (χ4v) is 3.29. The van der Waals surface area contributed by atoms with E-state index in [0.29, 0.717) is 5.75 Å². The highest BCUT2D eigenvalue weighted by Crippen LogP contribution is 2.34. The average Bonchev–Trinajstić information content (AvgIpc) is 3.41. The molecule has 2 aromatic heterocycles. The van der Waals surface area contributed by atoms with Gasteiger partial charge in [-0.25, -0.2) is 0 Å². The zero-order chi connectivity index (χ0) is 22.5. The van der Waals surface area contributed by atoms with E-state index in [0.717, 1.165) is 5.01 Å². The number of hydrogen-bond acceptors (Lipinski definition) is 9. The van der Waals surface area contributed by atoms with Crippen LogP contribution in [-0.2, 0) is 4.79 Å². The van der Waals surface area contributed by atoms with Gasteiger partial charge in [0.15, 0.2) is 0 Å². The Morgan fingerprint density at radius 3 is 2.74 bits per heavy atom. The predicted molar refractivity (Wildman–Crippen MR) is 114 cm³/mol. The maximum absolute atomic E-state index is 12.4. The number of carbonyl (C=O) groups excluding carboxylic acids is 1. The first kappa shape index (κ1) is 21.7. The minimum absolute atomic E-state index is 0.165. The molecule has 0 aliphatic rings. The van der Waals surface area contributed by atoms with Crippen molar-refractivity contribution in [3.63, 3.8) is 0 Å². The molecule has 0 radical (unpaired) electrons. The molecule has 0 saturated heterocycles. The van der Waals surface area contributed by atoms with Crippen LogP contribution in [0.25, 0.3) is 17.4 Å². The number of ether oxygens (including phenoxy) is 1. The summed E-state index contributed by atoms with van der Waals surface area (Å²) >= 11 is 1.22. The van der Waals surface area contributed by atoms with E-state index in [2.05, 4.69) is 15.5 Å². The van der Waals surface area contributed by atoms with E-state index in [1.807, 2.05) is 19.9 Å². The first-order valence-electron chi connectivity index (χ1n) is 9.01. The Labute approximate surface area is 180 Å². The molecule has 0 atom stereocenters. The molecular weight excluding hydrogens is 422 g/mol. The molecule has 0 saturated carbocycles. The lowest BCUT2D eigenvalue weighted by Crippen LogP contribution is -2.13. The Morgan fingerprint density at radius 2 is 2.13 bits per heavy atom. The highest BCUT2D eigenvalue weighted by atomic mass is 32.1. The van der Waals surface area contributed by atoms with E-state index in [1.54, 1.807) is 6.07 Å². The molecule has 158 valence electrons. The number of hydrogen-bond donors (Lipinski definition) is 1. The molecule has 1 N–H and O–H groups in total. The zero-order valence-corrected chi connectivity index (χ0v) is 17.6. The molecular formula is C20H17N5O5S. The third kappa shape index (κ3) is 4.93. The fraction of sp³-hybridized carbons (Fsp3) is 0.200. The molecule has 0 fully saturated rings. The number of nitro benzene ring substituents is 1. The van der Waals surface area contributed by atoms with Gasteiger partial charge in [0.2, 0.25) is 5.13 Å². The minimum Gasteiger partial charge on any atom is -0.497 e. The van der Waals surface area contributed by atoms with E-state index in [9.17, 15) is 20.2 Å². The van der Waals surface area contributed by atoms with Crippen LogP contribution in [0.3, 0.4) is 0 Å². The molecule has 0 aliphatic heterocycles. The number of anilines is 1. The first-order chi connectivity index (χ1) is 14.8. The summed E-state index contributed by atoms with van der Waals surface area (Å²) in [4.78, 5) is 23.3. The Bertz CT molecular complexity index is 1200. The van der Waals surface area contributed by atoms with Crippen molar-refractivity contribution < 1.29 is 18.9 Å². The summed E-state index contributed by atoms with van der Waals surface area (Å²) in [5, 5.41) is 32.2. The first-order valence-corrected chi connectivity index (χ1v) is 9.83. The lowest BCUT2D eigenvalue weighted by Gasteiger charge is -2.03. The van der Waals surface area contributed by atoms with Crippen molar-refractivity contribution in [3.05, 3.63) is 56.8 Å². The second-order valence-corrected chi connectivity index (χ2v) is 7.58. The number of furan rings is 1. The molecule has 0 unspecified atom stereocenters. The van der Waals surface area contributed by atoms with Gasteiger partial charge in [-0.15, -0.1) is 10.2 Å². The van der Waals surface area contributed by atoms with Crippen LogP contribution in [0.2, 0.25) is 0 Å². The molecule has 10 nitrogen and oxygen atoms in total. The lowest BCUT2D eigenvalue weighted by atomic mass is 10.1. The van der Waals surface area contributed by atoms with Gasteiger partial charge in [0, 0.05) is 12.0 Å². The molecule has 3 rings (SSSR count). The van der Waals surface area contributed by atoms with Crippen molar-refractivity contribution in [1.82, 2.24) is 10.2 Å². The summed E-state index contributed by atoms with van der Waals surface area (Å²) < 4.78 is 10.6. The van der Waals surface area contributed by atoms with Crippen LogP contribution in [0.5, 0.6) is 5.75 Å². The van der Waals surface area contributed by atoms with Crippen molar-refractivity contribution >= 4 is 34.1 Å². The number of carbonyl (C=O) groups is 1. The van der Waals surface area contributed by atoms with E-state index in [4.69, 9.17) is 9.15 Å². The predicted octanol–water partition coefficient (Wildman–Crippen LogP) is 4.38. The Morgan fingerprint density at radius 1 is 1.35 bits per heavy atom. The van der Waals surface area contributed by atoms with Gasteiger partial charge >= 0.3 is 0 Å². The number of nitro groups is 1. The molecule has 2 heterocycles. The van der Waals surface area contributed by atoms with Crippen LogP contribution in [0.4, 0.5) is 10.8 Å². The Kier molecular flexibility index (Phi) is 6.42. The second-order valence-electron chi connectivity index (χ2n) is 6.57. The minimum atomic E-state index is -0.665. The maximum atomic E-state index is 12.4. The third-order valence-electron chi connectivity index (χ3n) is 4.10. The lowest BCUT2D eigenvalue weighted by molar-refractivity contribution is -0.384. The van der Waals surface area contributed by atoms with Gasteiger partial charge in [0.05, 0.1) is 23.7 Å². The van der Waals surface area contributed by atoms with Crippen LogP contribution in [0.1, 0.15) is 30.5 Å². The zero-order valence-electron chi connectivity index (χ0n) is 16.8. The quantitative estimate of drug-likeness (QED) is 0.247. The third-order valence-corrected chi connectivity index (χ3v) is 5.24. The number of nitriles is 1. The molecule has 11 heteroatoms. The summed E-state index contributed by atoms with van der Waals surface area (Å²) in [6.07, 6.45) is 1.25. The van der Waals surface area contributed by atoms with Crippen molar-refractivity contribution in [1.29, 1.82) is 5.26 Å². The number of benzene rings is 1. The summed E-state index contributed by atoms with van der Waals surface area (Å²) in [7, 11) is 1.41. The van der Waals surface area contributed by atoms with Crippen LogP contribution in [-0.4, -0.2) is 28.1 Å². The number of aromatic nitrogens is 2. The van der Waals surface area contributed by atoms with Crippen molar-refractivity contribution in [3.8, 4) is 23.1 Å². The van der Waals surface area contributed by atoms with E-state index < -0.39 is 10.8 Å². The molecule has 3 aromatic rings. The number of nitrogens with one attached hydrogen (secondary N) is 1. The number of rotatable bonds is 7. The number of nitrogens with zero attached hydrogens (tertiary/aromatic N) is 4. The molecule has 0 bridgehead atoms. The van der Waals surface area contributed by atoms with Crippen LogP contribution < -0.4 is 10.1 Å². The molecule has 1 aromatic carbocycles. The van der Waals surface area contributed by atoms with E-state index in [-0.39, 0.29) is 39.4 Å². The highest BCUT2D eigenvalue weighted by Gasteiger charge is 2.20. The molecule has 0 aliphatic carbocycles. The normalized spacial score (nSPS) is 11.3. The summed E-state index contributed by atoms with van der Waals surface area (Å²) in [5.41, 5.74) is -0.172. The van der Waals surface area contributed by atoms with Crippen LogP contribution in [0, 0.1) is 21.4 Å². The van der Waals surface area contributed by atoms with E-state index >= 15 is 0 Å². The smallest absolute Gasteiger partial charge is 0.284 e. The molecule has 0 spiro atoms. The van der Waals surface area contributed by atoms with Crippen LogP contribution >= 0.6 is 11.3 Å².